The Bertz CT molecular complexity index is 943. The Kier molecular flexibility index (Phi) is 7.29. The van der Waals surface area contributed by atoms with E-state index >= 15 is 0 Å². The fraction of sp³-hybridized carbons (Fsp3) is 0.583. The van der Waals surface area contributed by atoms with Crippen LogP contribution in [0.4, 0.5) is 4.39 Å². The number of guanidine groups is 1. The van der Waals surface area contributed by atoms with Crippen LogP contribution < -0.4 is 5.32 Å². The van der Waals surface area contributed by atoms with Gasteiger partial charge in [0.25, 0.3) is 0 Å². The molecule has 32 heavy (non-hydrogen) atoms. The molecule has 2 aromatic rings. The maximum absolute atomic E-state index is 13.6. The van der Waals surface area contributed by atoms with E-state index < -0.39 is 0 Å². The first-order valence-corrected chi connectivity index (χ1v) is 11.9. The summed E-state index contributed by atoms with van der Waals surface area (Å²) in [6.07, 6.45) is 4.95. The van der Waals surface area contributed by atoms with Crippen LogP contribution >= 0.6 is 0 Å². The van der Waals surface area contributed by atoms with Crippen molar-refractivity contribution in [1.82, 2.24) is 25.0 Å². The zero-order valence-corrected chi connectivity index (χ0v) is 19.2. The van der Waals surface area contributed by atoms with Gasteiger partial charge in [0, 0.05) is 69.5 Å². The summed E-state index contributed by atoms with van der Waals surface area (Å²) in [6.45, 7) is 10.8. The quantitative estimate of drug-likeness (QED) is 0.533. The van der Waals surface area contributed by atoms with E-state index in [9.17, 15) is 9.18 Å². The number of likely N-dealkylation sites (tertiary alicyclic amines) is 1. The lowest BCUT2D eigenvalue weighted by Gasteiger charge is -2.39. The van der Waals surface area contributed by atoms with Crippen LogP contribution in [0.1, 0.15) is 32.3 Å². The molecule has 4 rings (SSSR count). The summed E-state index contributed by atoms with van der Waals surface area (Å²) >= 11 is 0. The van der Waals surface area contributed by atoms with Gasteiger partial charge in [-0.3, -0.25) is 14.7 Å². The van der Waals surface area contributed by atoms with Crippen LogP contribution in [0.5, 0.6) is 0 Å². The van der Waals surface area contributed by atoms with Gasteiger partial charge in [0.2, 0.25) is 5.91 Å². The summed E-state index contributed by atoms with van der Waals surface area (Å²) in [4.78, 5) is 27.4. The number of H-pyrrole nitrogens is 1. The van der Waals surface area contributed by atoms with Crippen molar-refractivity contribution in [2.24, 2.45) is 4.99 Å². The Morgan fingerprint density at radius 3 is 2.62 bits per heavy atom. The second-order valence-electron chi connectivity index (χ2n) is 8.72. The Morgan fingerprint density at radius 1 is 1.16 bits per heavy atom. The minimum absolute atomic E-state index is 0.0583. The predicted octanol–water partition coefficient (Wildman–Crippen LogP) is 2.44. The Labute approximate surface area is 189 Å². The third kappa shape index (κ3) is 5.06. The maximum Gasteiger partial charge on any atom is 0.239 e. The number of carbonyl (C=O) groups excluding carboxylic acids is 1. The standard InChI is InChI=1S/C24H35FN6O/c1-3-26-24(27-9-8-19-17-28-22-7-6-20(25)16-21(19)22)31-14-12-29(13-15-31)18(2)23(32)30-10-4-5-11-30/h6-7,16-18,28H,3-5,8-15H2,1-2H3,(H,26,27). The number of nitrogens with zero attached hydrogens (tertiary/aromatic N) is 4. The first-order valence-electron chi connectivity index (χ1n) is 11.9. The smallest absolute Gasteiger partial charge is 0.239 e. The zero-order chi connectivity index (χ0) is 22.5. The lowest BCUT2D eigenvalue weighted by atomic mass is 10.1. The molecule has 1 amide bonds. The topological polar surface area (TPSA) is 67.0 Å². The summed E-state index contributed by atoms with van der Waals surface area (Å²) in [5.74, 6) is 0.967. The molecule has 174 valence electrons. The second-order valence-corrected chi connectivity index (χ2v) is 8.72. The van der Waals surface area contributed by atoms with Crippen molar-refractivity contribution in [2.45, 2.75) is 39.2 Å². The first kappa shape index (κ1) is 22.6. The lowest BCUT2D eigenvalue weighted by molar-refractivity contribution is -0.135. The van der Waals surface area contributed by atoms with E-state index in [1.54, 1.807) is 12.1 Å². The average molecular weight is 443 g/mol. The lowest BCUT2D eigenvalue weighted by Crippen LogP contribution is -2.57. The highest BCUT2D eigenvalue weighted by Crippen LogP contribution is 2.20. The van der Waals surface area contributed by atoms with E-state index in [-0.39, 0.29) is 17.8 Å². The van der Waals surface area contributed by atoms with Gasteiger partial charge in [-0.2, -0.15) is 0 Å². The number of piperazine rings is 1. The van der Waals surface area contributed by atoms with Crippen molar-refractivity contribution in [3.8, 4) is 0 Å². The normalized spacial score (nSPS) is 19.0. The zero-order valence-electron chi connectivity index (χ0n) is 19.2. The van der Waals surface area contributed by atoms with Crippen molar-refractivity contribution in [3.05, 3.63) is 35.8 Å². The number of hydrogen-bond acceptors (Lipinski definition) is 3. The number of nitrogens with one attached hydrogen (secondary N) is 2. The molecule has 1 atom stereocenters. The molecule has 8 heteroatoms. The number of aromatic nitrogens is 1. The molecule has 0 bridgehead atoms. The van der Waals surface area contributed by atoms with E-state index in [2.05, 4.69) is 27.0 Å². The maximum atomic E-state index is 13.6. The van der Waals surface area contributed by atoms with Gasteiger partial charge in [0.1, 0.15) is 5.82 Å². The molecule has 2 aliphatic rings. The number of hydrogen-bond donors (Lipinski definition) is 2. The number of aliphatic imine (C=N–C) groups is 1. The predicted molar refractivity (Wildman–Crippen MR) is 126 cm³/mol. The molecule has 2 fully saturated rings. The molecule has 2 saturated heterocycles. The molecular weight excluding hydrogens is 407 g/mol. The fourth-order valence-electron chi connectivity index (χ4n) is 4.74. The summed E-state index contributed by atoms with van der Waals surface area (Å²) in [5, 5.41) is 4.33. The minimum Gasteiger partial charge on any atom is -0.361 e. The van der Waals surface area contributed by atoms with E-state index in [4.69, 9.17) is 4.99 Å². The van der Waals surface area contributed by atoms with Crippen LogP contribution in [0.25, 0.3) is 10.9 Å². The molecule has 2 N–H and O–H groups in total. The van der Waals surface area contributed by atoms with E-state index in [1.165, 1.54) is 6.07 Å². The number of amides is 1. The van der Waals surface area contributed by atoms with Gasteiger partial charge in [-0.15, -0.1) is 0 Å². The van der Waals surface area contributed by atoms with Crippen LogP contribution in [-0.4, -0.2) is 90.0 Å². The molecule has 1 aromatic heterocycles. The number of aromatic amines is 1. The molecule has 1 unspecified atom stereocenters. The second kappa shape index (κ2) is 10.3. The summed E-state index contributed by atoms with van der Waals surface area (Å²) in [7, 11) is 0. The molecule has 3 heterocycles. The monoisotopic (exact) mass is 442 g/mol. The van der Waals surface area contributed by atoms with Crippen molar-refractivity contribution >= 4 is 22.8 Å². The van der Waals surface area contributed by atoms with E-state index in [0.717, 1.165) is 87.5 Å². The van der Waals surface area contributed by atoms with Gasteiger partial charge in [-0.05, 0) is 56.9 Å². The van der Waals surface area contributed by atoms with Gasteiger partial charge < -0.3 is 20.1 Å². The molecule has 0 spiro atoms. The SMILES string of the molecule is CCNC(=NCCc1c[nH]c2ccc(F)cc12)N1CCN(C(C)C(=O)N2CCCC2)CC1. The number of benzene rings is 1. The summed E-state index contributed by atoms with van der Waals surface area (Å²) in [5.41, 5.74) is 2.03. The Morgan fingerprint density at radius 2 is 1.91 bits per heavy atom. The molecule has 0 aliphatic carbocycles. The van der Waals surface area contributed by atoms with E-state index in [0.29, 0.717) is 6.54 Å². The van der Waals surface area contributed by atoms with Crippen molar-refractivity contribution in [1.29, 1.82) is 0 Å². The van der Waals surface area contributed by atoms with Crippen molar-refractivity contribution in [2.75, 3.05) is 52.4 Å². The Balaban J connectivity index is 1.33. The molecule has 0 radical (unpaired) electrons. The molecular formula is C24H35FN6O. The highest BCUT2D eigenvalue weighted by Gasteiger charge is 2.30. The number of fused-ring (bicyclic) bond motifs is 1. The molecule has 0 saturated carbocycles. The van der Waals surface area contributed by atoms with Gasteiger partial charge >= 0.3 is 0 Å². The summed E-state index contributed by atoms with van der Waals surface area (Å²) < 4.78 is 13.6. The van der Waals surface area contributed by atoms with E-state index in [1.807, 2.05) is 18.0 Å². The fourth-order valence-corrected chi connectivity index (χ4v) is 4.74. The average Bonchev–Trinajstić information content (AvgIpc) is 3.48. The first-order chi connectivity index (χ1) is 15.6. The number of carbonyl (C=O) groups is 1. The minimum atomic E-state index is -0.217. The van der Waals surface area contributed by atoms with Gasteiger partial charge in [-0.25, -0.2) is 4.39 Å². The Hall–Kier alpha value is -2.61. The van der Waals surface area contributed by atoms with Crippen LogP contribution in [0.3, 0.4) is 0 Å². The summed E-state index contributed by atoms with van der Waals surface area (Å²) in [6, 6.07) is 4.77. The third-order valence-electron chi connectivity index (χ3n) is 6.64. The van der Waals surface area contributed by atoms with Gasteiger partial charge in [0.15, 0.2) is 5.96 Å². The van der Waals surface area contributed by atoms with Gasteiger partial charge in [0.05, 0.1) is 6.04 Å². The number of rotatable bonds is 6. The van der Waals surface area contributed by atoms with Crippen molar-refractivity contribution in [3.63, 3.8) is 0 Å². The number of halogens is 1. The van der Waals surface area contributed by atoms with Crippen LogP contribution in [-0.2, 0) is 11.2 Å². The van der Waals surface area contributed by atoms with Crippen LogP contribution in [0, 0.1) is 5.82 Å². The highest BCUT2D eigenvalue weighted by atomic mass is 19.1. The molecule has 7 nitrogen and oxygen atoms in total. The molecule has 1 aromatic carbocycles. The van der Waals surface area contributed by atoms with Crippen molar-refractivity contribution < 1.29 is 9.18 Å². The van der Waals surface area contributed by atoms with Gasteiger partial charge in [-0.1, -0.05) is 0 Å². The highest BCUT2D eigenvalue weighted by molar-refractivity contribution is 5.84. The van der Waals surface area contributed by atoms with Crippen LogP contribution in [0.15, 0.2) is 29.4 Å². The molecule has 2 aliphatic heterocycles. The largest absolute Gasteiger partial charge is 0.361 e. The third-order valence-corrected chi connectivity index (χ3v) is 6.64. The van der Waals surface area contributed by atoms with Crippen LogP contribution in [0.2, 0.25) is 0 Å².